The van der Waals surface area contributed by atoms with Crippen molar-refractivity contribution in [2.75, 3.05) is 44.3 Å². The van der Waals surface area contributed by atoms with Gasteiger partial charge in [0, 0.05) is 44.0 Å². The minimum absolute atomic E-state index is 0.0230. The van der Waals surface area contributed by atoms with E-state index in [1.54, 1.807) is 0 Å². The highest BCUT2D eigenvalue weighted by atomic mass is 16.5. The van der Waals surface area contributed by atoms with E-state index < -0.39 is 5.41 Å². The molecule has 0 unspecified atom stereocenters. The maximum atomic E-state index is 13.6. The predicted octanol–water partition coefficient (Wildman–Crippen LogP) is 4.01. The lowest BCUT2D eigenvalue weighted by molar-refractivity contribution is -0.128. The van der Waals surface area contributed by atoms with Crippen LogP contribution in [0.3, 0.4) is 0 Å². The lowest BCUT2D eigenvalue weighted by Crippen LogP contribution is -2.52. The summed E-state index contributed by atoms with van der Waals surface area (Å²) < 4.78 is 5.43. The number of morpholine rings is 1. The summed E-state index contributed by atoms with van der Waals surface area (Å²) in [5, 5.41) is 3.17. The molecule has 0 saturated carbocycles. The number of ether oxygens (including phenoxy) is 1. The summed E-state index contributed by atoms with van der Waals surface area (Å²) >= 11 is 0. The molecule has 5 rings (SSSR count). The number of hydrogen-bond donors (Lipinski definition) is 1. The first-order chi connectivity index (χ1) is 17.7. The molecule has 2 amide bonds. The van der Waals surface area contributed by atoms with Crippen molar-refractivity contribution in [3.8, 4) is 0 Å². The molecule has 2 fully saturated rings. The highest BCUT2D eigenvalue weighted by molar-refractivity contribution is 5.95. The van der Waals surface area contributed by atoms with Crippen LogP contribution in [0.5, 0.6) is 0 Å². The molecule has 36 heavy (non-hydrogen) atoms. The van der Waals surface area contributed by atoms with E-state index in [2.05, 4.69) is 10.2 Å². The van der Waals surface area contributed by atoms with Crippen molar-refractivity contribution in [2.45, 2.75) is 24.8 Å². The maximum Gasteiger partial charge on any atom is 0.253 e. The van der Waals surface area contributed by atoms with Crippen LogP contribution >= 0.6 is 0 Å². The van der Waals surface area contributed by atoms with Crippen molar-refractivity contribution in [2.24, 2.45) is 0 Å². The molecule has 2 heterocycles. The predicted molar refractivity (Wildman–Crippen MR) is 141 cm³/mol. The average molecular weight is 484 g/mol. The fraction of sp³-hybridized carbons (Fsp3) is 0.333. The molecule has 6 heteroatoms. The summed E-state index contributed by atoms with van der Waals surface area (Å²) in [6.07, 6.45) is 1.18. The van der Waals surface area contributed by atoms with Gasteiger partial charge in [0.1, 0.15) is 0 Å². The second-order valence-corrected chi connectivity index (χ2v) is 9.55. The van der Waals surface area contributed by atoms with E-state index in [-0.39, 0.29) is 11.8 Å². The van der Waals surface area contributed by atoms with Crippen LogP contribution < -0.4 is 10.2 Å². The number of hydrogen-bond acceptors (Lipinski definition) is 4. The van der Waals surface area contributed by atoms with Gasteiger partial charge in [-0.05, 0) is 48.2 Å². The summed E-state index contributed by atoms with van der Waals surface area (Å²) in [5.41, 5.74) is 3.24. The zero-order valence-electron chi connectivity index (χ0n) is 20.6. The highest BCUT2D eigenvalue weighted by Gasteiger charge is 2.43. The minimum atomic E-state index is -0.646. The molecule has 2 aliphatic heterocycles. The van der Waals surface area contributed by atoms with E-state index in [4.69, 9.17) is 4.74 Å². The molecule has 1 N–H and O–H groups in total. The lowest BCUT2D eigenvalue weighted by atomic mass is 9.72. The third-order valence-electron chi connectivity index (χ3n) is 7.45. The smallest absolute Gasteiger partial charge is 0.253 e. The van der Waals surface area contributed by atoms with Gasteiger partial charge < -0.3 is 19.9 Å². The quantitative estimate of drug-likeness (QED) is 0.576. The van der Waals surface area contributed by atoms with Crippen LogP contribution in [0.4, 0.5) is 5.69 Å². The molecule has 2 saturated heterocycles. The Kier molecular flexibility index (Phi) is 7.33. The second kappa shape index (κ2) is 11.0. The molecule has 3 aromatic rings. The second-order valence-electron chi connectivity index (χ2n) is 9.55. The van der Waals surface area contributed by atoms with Crippen molar-refractivity contribution in [3.05, 3.63) is 102 Å². The largest absolute Gasteiger partial charge is 0.378 e. The monoisotopic (exact) mass is 483 g/mol. The SMILES string of the molecule is O=C(c1ccc(N2CCOCC2)cc1)N1CCC(C(=O)NCc2ccccc2)(c2ccccc2)CC1. The Morgan fingerprint density at radius 3 is 2.03 bits per heavy atom. The minimum Gasteiger partial charge on any atom is -0.378 e. The molecule has 0 atom stereocenters. The van der Waals surface area contributed by atoms with Gasteiger partial charge in [-0.15, -0.1) is 0 Å². The van der Waals surface area contributed by atoms with Gasteiger partial charge >= 0.3 is 0 Å². The van der Waals surface area contributed by atoms with Crippen LogP contribution in [-0.4, -0.2) is 56.1 Å². The van der Waals surface area contributed by atoms with E-state index in [9.17, 15) is 9.59 Å². The first-order valence-corrected chi connectivity index (χ1v) is 12.8. The van der Waals surface area contributed by atoms with Gasteiger partial charge in [-0.1, -0.05) is 60.7 Å². The summed E-state index contributed by atoms with van der Waals surface area (Å²) in [7, 11) is 0. The van der Waals surface area contributed by atoms with E-state index in [1.165, 1.54) is 0 Å². The fourth-order valence-electron chi connectivity index (χ4n) is 5.26. The van der Waals surface area contributed by atoms with E-state index >= 15 is 0 Å². The van der Waals surface area contributed by atoms with Crippen LogP contribution in [0, 0.1) is 0 Å². The van der Waals surface area contributed by atoms with Gasteiger partial charge in [0.2, 0.25) is 5.91 Å². The lowest BCUT2D eigenvalue weighted by Gasteiger charge is -2.41. The van der Waals surface area contributed by atoms with Crippen LogP contribution in [0.25, 0.3) is 0 Å². The number of benzene rings is 3. The topological polar surface area (TPSA) is 61.9 Å². The van der Waals surface area contributed by atoms with Crippen molar-refractivity contribution >= 4 is 17.5 Å². The van der Waals surface area contributed by atoms with Gasteiger partial charge in [0.25, 0.3) is 5.91 Å². The molecule has 0 spiro atoms. The highest BCUT2D eigenvalue weighted by Crippen LogP contribution is 2.36. The average Bonchev–Trinajstić information content (AvgIpc) is 2.97. The standard InChI is InChI=1S/C30H33N3O3/c34-28(25-11-13-27(14-12-25)32-19-21-36-22-20-32)33-17-15-30(16-18-33,26-9-5-2-6-10-26)29(35)31-23-24-7-3-1-4-8-24/h1-14H,15-23H2,(H,31,35). The third kappa shape index (κ3) is 5.14. The number of amides is 2. The first-order valence-electron chi connectivity index (χ1n) is 12.8. The van der Waals surface area contributed by atoms with E-state index in [1.807, 2.05) is 89.8 Å². The number of nitrogens with one attached hydrogen (secondary N) is 1. The Balaban J connectivity index is 1.27. The number of carbonyl (C=O) groups excluding carboxylic acids is 2. The maximum absolute atomic E-state index is 13.6. The zero-order valence-corrected chi connectivity index (χ0v) is 20.6. The van der Waals surface area contributed by atoms with Gasteiger partial charge in [0.05, 0.1) is 18.6 Å². The van der Waals surface area contributed by atoms with Gasteiger partial charge in [-0.25, -0.2) is 0 Å². The third-order valence-corrected chi connectivity index (χ3v) is 7.45. The molecule has 0 aliphatic carbocycles. The van der Waals surface area contributed by atoms with Crippen LogP contribution in [0.1, 0.15) is 34.3 Å². The molecule has 186 valence electrons. The summed E-state index contributed by atoms with van der Waals surface area (Å²) in [5.74, 6) is 0.0504. The molecule has 2 aliphatic rings. The number of piperidine rings is 1. The van der Waals surface area contributed by atoms with Crippen LogP contribution in [0.2, 0.25) is 0 Å². The van der Waals surface area contributed by atoms with Gasteiger partial charge in [-0.2, -0.15) is 0 Å². The molecule has 0 bridgehead atoms. The summed E-state index contributed by atoms with van der Waals surface area (Å²) in [6, 6.07) is 27.8. The molecule has 6 nitrogen and oxygen atoms in total. The number of carbonyl (C=O) groups is 2. The molecular weight excluding hydrogens is 450 g/mol. The molecule has 0 aromatic heterocycles. The zero-order chi connectivity index (χ0) is 24.8. The van der Waals surface area contributed by atoms with Gasteiger partial charge in [0.15, 0.2) is 0 Å². The number of likely N-dealkylation sites (tertiary alicyclic amines) is 1. The molecular formula is C30H33N3O3. The van der Waals surface area contributed by atoms with Gasteiger partial charge in [-0.3, -0.25) is 9.59 Å². The fourth-order valence-corrected chi connectivity index (χ4v) is 5.26. The Labute approximate surface area is 212 Å². The summed E-state index contributed by atoms with van der Waals surface area (Å²) in [6.45, 7) is 4.77. The van der Waals surface area contributed by atoms with Crippen LogP contribution in [-0.2, 0) is 21.5 Å². The van der Waals surface area contributed by atoms with E-state index in [0.717, 1.165) is 43.1 Å². The first kappa shape index (κ1) is 24.1. The van der Waals surface area contributed by atoms with Crippen LogP contribution in [0.15, 0.2) is 84.9 Å². The van der Waals surface area contributed by atoms with Crippen molar-refractivity contribution in [1.29, 1.82) is 0 Å². The van der Waals surface area contributed by atoms with Crippen molar-refractivity contribution in [3.63, 3.8) is 0 Å². The Bertz CT molecular complexity index is 1150. The Hall–Kier alpha value is -3.64. The number of nitrogens with zero attached hydrogens (tertiary/aromatic N) is 2. The number of rotatable bonds is 6. The normalized spacial score (nSPS) is 17.4. The van der Waals surface area contributed by atoms with Crippen molar-refractivity contribution in [1.82, 2.24) is 10.2 Å². The molecule has 3 aromatic carbocycles. The number of anilines is 1. The Morgan fingerprint density at radius 1 is 0.778 bits per heavy atom. The summed E-state index contributed by atoms with van der Waals surface area (Å²) in [4.78, 5) is 31.1. The molecule has 0 radical (unpaired) electrons. The Morgan fingerprint density at radius 2 is 1.39 bits per heavy atom. The van der Waals surface area contributed by atoms with E-state index in [0.29, 0.717) is 38.0 Å². The van der Waals surface area contributed by atoms with Crippen molar-refractivity contribution < 1.29 is 14.3 Å².